The van der Waals surface area contributed by atoms with Gasteiger partial charge in [-0.1, -0.05) is 53.6 Å². The van der Waals surface area contributed by atoms with E-state index in [0.717, 1.165) is 28.0 Å². The number of hydrogen-bond acceptors (Lipinski definition) is 5. The van der Waals surface area contributed by atoms with Crippen LogP contribution in [0.15, 0.2) is 102 Å². The van der Waals surface area contributed by atoms with Crippen LogP contribution in [-0.2, 0) is 0 Å². The Hall–Kier alpha value is -5.21. The lowest BCUT2D eigenvalue weighted by atomic mass is 9.61. The Morgan fingerprint density at radius 1 is 0.974 bits per heavy atom. The zero-order valence-electron chi connectivity index (χ0n) is 21.2. The number of methoxy groups -OCH3 is 1. The third-order valence-corrected chi connectivity index (χ3v) is 6.91. The normalized spacial score (nSPS) is 16.5. The van der Waals surface area contributed by atoms with E-state index >= 15 is 0 Å². The van der Waals surface area contributed by atoms with Crippen molar-refractivity contribution < 1.29 is 23.3 Å². The molecule has 9 nitrogen and oxygen atoms in total. The minimum Gasteiger partial charge on any atom is -0.618 e. The third kappa shape index (κ3) is 4.13. The minimum atomic E-state index is -2.28. The highest BCUT2D eigenvalue weighted by atomic mass is 16.6. The summed E-state index contributed by atoms with van der Waals surface area (Å²) in [7, 11) is 1.62. The van der Waals surface area contributed by atoms with E-state index in [1.807, 2.05) is 72.8 Å². The average molecular weight is 517 g/mol. The zero-order chi connectivity index (χ0) is 26.8. The number of nitrogens with one attached hydrogen (secondary N) is 1. The molecule has 4 aromatic carbocycles. The van der Waals surface area contributed by atoms with Crippen molar-refractivity contribution >= 4 is 29.5 Å². The first kappa shape index (κ1) is 24.1. The summed E-state index contributed by atoms with van der Waals surface area (Å²) in [6.07, 6.45) is 0. The van der Waals surface area contributed by atoms with Crippen LogP contribution >= 0.6 is 0 Å². The van der Waals surface area contributed by atoms with Gasteiger partial charge in [-0.15, -0.1) is 0 Å². The number of benzene rings is 4. The van der Waals surface area contributed by atoms with Crippen molar-refractivity contribution in [2.24, 2.45) is 5.11 Å². The maximum absolute atomic E-state index is 12.8. The molecule has 1 atom stereocenters. The van der Waals surface area contributed by atoms with Gasteiger partial charge in [-0.3, -0.25) is 4.79 Å². The first-order valence-electron chi connectivity index (χ1n) is 12.6. The number of fused-ring (bicyclic) bond motifs is 4. The quantitative estimate of drug-likeness (QED) is 0.128. The van der Waals surface area contributed by atoms with Crippen molar-refractivity contribution in [1.29, 1.82) is 0 Å². The van der Waals surface area contributed by atoms with Gasteiger partial charge in [-0.25, -0.2) is 0 Å². The van der Waals surface area contributed by atoms with E-state index < -0.39 is 6.69 Å². The summed E-state index contributed by atoms with van der Waals surface area (Å²) in [5, 5.41) is 6.24. The topological polar surface area (TPSA) is 109 Å². The first-order chi connectivity index (χ1) is 19.1. The molecule has 10 heteroatoms. The van der Waals surface area contributed by atoms with Crippen molar-refractivity contribution in [2.45, 2.75) is 0 Å². The fraction of sp³-hybridized carbons (Fsp3) is 0.103. The summed E-state index contributed by atoms with van der Waals surface area (Å²) < 4.78 is 21.2. The molecule has 0 aliphatic carbocycles. The number of rotatable bonds is 7. The third-order valence-electron chi connectivity index (χ3n) is 6.91. The van der Waals surface area contributed by atoms with E-state index in [4.69, 9.17) is 19.6 Å². The van der Waals surface area contributed by atoms with Gasteiger partial charge in [-0.2, -0.15) is 0 Å². The number of amides is 1. The number of hydrogen-bond donors (Lipinski definition) is 1. The number of ether oxygens (including phenoxy) is 1. The van der Waals surface area contributed by atoms with Gasteiger partial charge in [0.25, 0.3) is 5.91 Å². The predicted molar refractivity (Wildman–Crippen MR) is 148 cm³/mol. The van der Waals surface area contributed by atoms with Crippen LogP contribution in [0.2, 0.25) is 0 Å². The van der Waals surface area contributed by atoms with Crippen LogP contribution < -0.4 is 24.8 Å². The molecule has 1 unspecified atom stereocenters. The van der Waals surface area contributed by atoms with Gasteiger partial charge in [-0.05, 0) is 47.4 Å². The van der Waals surface area contributed by atoms with E-state index in [9.17, 15) is 4.79 Å². The molecule has 0 saturated carbocycles. The van der Waals surface area contributed by atoms with E-state index in [1.165, 1.54) is 0 Å². The number of azide groups is 1. The second-order valence-electron chi connectivity index (χ2n) is 9.16. The molecule has 1 amide bonds. The van der Waals surface area contributed by atoms with E-state index in [0.29, 0.717) is 22.8 Å². The van der Waals surface area contributed by atoms with Crippen molar-refractivity contribution in [2.75, 3.05) is 20.2 Å². The summed E-state index contributed by atoms with van der Waals surface area (Å²) in [5.41, 5.74) is 13.3. The monoisotopic (exact) mass is 517 g/mol. The van der Waals surface area contributed by atoms with Crippen molar-refractivity contribution in [3.05, 3.63) is 124 Å². The van der Waals surface area contributed by atoms with Crippen molar-refractivity contribution in [1.82, 2.24) is 5.32 Å². The largest absolute Gasteiger partial charge is 0.685 e. The second kappa shape index (κ2) is 9.93. The maximum atomic E-state index is 12.8. The van der Waals surface area contributed by atoms with Crippen LogP contribution in [0, 0.1) is 0 Å². The molecule has 2 aliphatic heterocycles. The average Bonchev–Trinajstić information content (AvgIpc) is 3.32. The van der Waals surface area contributed by atoms with Gasteiger partial charge >= 0.3 is 6.69 Å². The van der Waals surface area contributed by atoms with E-state index in [1.54, 1.807) is 19.2 Å². The SMILES string of the molecule is COc1ccc2c(c1)O[B-]1(c3ccccc3)Oc3cc(C(=O)NCCN=[N+]=[N-])ccc3[N+]1=C2c1ccccc1. The van der Waals surface area contributed by atoms with Crippen LogP contribution in [-0.4, -0.2) is 43.0 Å². The minimum absolute atomic E-state index is 0.169. The molecule has 2 aliphatic rings. The molecular formula is C29H24BN5O4. The molecule has 4 aromatic rings. The van der Waals surface area contributed by atoms with Crippen LogP contribution in [0.5, 0.6) is 17.2 Å². The van der Waals surface area contributed by atoms with E-state index in [2.05, 4.69) is 32.0 Å². The molecule has 1 N–H and O–H groups in total. The van der Waals surface area contributed by atoms with Gasteiger partial charge in [0.15, 0.2) is 11.4 Å². The van der Waals surface area contributed by atoms with Crippen LogP contribution in [0.3, 0.4) is 0 Å². The molecule has 0 fully saturated rings. The molecule has 2 heterocycles. The summed E-state index contributed by atoms with van der Waals surface area (Å²) in [6, 6.07) is 31.0. The van der Waals surface area contributed by atoms with E-state index in [-0.39, 0.29) is 19.0 Å². The number of carbonyl (C=O) groups is 1. The summed E-state index contributed by atoms with van der Waals surface area (Å²) in [5.74, 6) is 1.54. The Morgan fingerprint density at radius 3 is 2.46 bits per heavy atom. The Balaban J connectivity index is 1.57. The standard InChI is InChI=1S/C29H24BN5O4/c1-37-23-13-14-24-26(19-23)38-30(22-10-6-3-7-11-22)35(28(24)20-8-4-2-5-9-20)25-15-12-21(18-27(25)39-30)29(36)32-16-17-33-34-31/h2-15,18-19H,16-17H2,1H3,(H,32,36). The molecule has 0 spiro atoms. The summed E-state index contributed by atoms with van der Waals surface area (Å²) >= 11 is 0. The molecule has 192 valence electrons. The van der Waals surface area contributed by atoms with Gasteiger partial charge in [0.1, 0.15) is 11.5 Å². The molecule has 6 rings (SSSR count). The second-order valence-corrected chi connectivity index (χ2v) is 9.16. The molecule has 0 aromatic heterocycles. The van der Waals surface area contributed by atoms with Gasteiger partial charge in [0.2, 0.25) is 0 Å². The van der Waals surface area contributed by atoms with Gasteiger partial charge in [0, 0.05) is 41.3 Å². The highest BCUT2D eigenvalue weighted by Gasteiger charge is 2.59. The number of nitrogens with zero attached hydrogens (tertiary/aromatic N) is 4. The lowest BCUT2D eigenvalue weighted by Gasteiger charge is -2.37. The highest BCUT2D eigenvalue weighted by molar-refractivity contribution is 6.77. The molecule has 0 bridgehead atoms. The maximum Gasteiger partial charge on any atom is 0.685 e. The molecular weight excluding hydrogens is 493 g/mol. The van der Waals surface area contributed by atoms with Crippen molar-refractivity contribution in [3.63, 3.8) is 0 Å². The van der Waals surface area contributed by atoms with Crippen LogP contribution in [0.1, 0.15) is 21.5 Å². The lowest BCUT2D eigenvalue weighted by molar-refractivity contribution is -0.317. The van der Waals surface area contributed by atoms with Gasteiger partial charge in [0.05, 0.1) is 18.4 Å². The van der Waals surface area contributed by atoms with Gasteiger partial charge < -0.3 is 23.8 Å². The fourth-order valence-corrected chi connectivity index (χ4v) is 5.19. The zero-order valence-corrected chi connectivity index (χ0v) is 21.2. The first-order valence-corrected chi connectivity index (χ1v) is 12.6. The Bertz CT molecular complexity index is 1660. The number of carbonyl (C=O) groups excluding carboxylic acids is 1. The Morgan fingerprint density at radius 2 is 1.72 bits per heavy atom. The Labute approximate surface area is 224 Å². The summed E-state index contributed by atoms with van der Waals surface area (Å²) in [4.78, 5) is 15.6. The smallest absolute Gasteiger partial charge is 0.618 e. The predicted octanol–water partition coefficient (Wildman–Crippen LogP) is 4.55. The highest BCUT2D eigenvalue weighted by Crippen LogP contribution is 2.45. The molecule has 0 radical (unpaired) electrons. The molecule has 39 heavy (non-hydrogen) atoms. The summed E-state index contributed by atoms with van der Waals surface area (Å²) in [6.45, 7) is -1.88. The molecule has 0 saturated heterocycles. The fourth-order valence-electron chi connectivity index (χ4n) is 5.19. The van der Waals surface area contributed by atoms with Crippen LogP contribution in [0.4, 0.5) is 5.69 Å². The lowest BCUT2D eigenvalue weighted by Crippen LogP contribution is -2.66. The van der Waals surface area contributed by atoms with Crippen LogP contribution in [0.25, 0.3) is 10.4 Å². The van der Waals surface area contributed by atoms with Crippen molar-refractivity contribution in [3.8, 4) is 17.2 Å². The Kier molecular flexibility index (Phi) is 6.15.